The fourth-order valence-electron chi connectivity index (χ4n) is 1.66. The third kappa shape index (κ3) is 3.14. The average Bonchev–Trinajstić information content (AvgIpc) is 2.94. The van der Waals surface area contributed by atoms with Gasteiger partial charge in [-0.1, -0.05) is 12.1 Å². The first kappa shape index (κ1) is 13.2. The zero-order valence-corrected chi connectivity index (χ0v) is 10.7. The average molecular weight is 260 g/mol. The number of carbonyl (C=O) groups is 1. The monoisotopic (exact) mass is 260 g/mol. The van der Waals surface area contributed by atoms with Gasteiger partial charge in [-0.05, 0) is 24.3 Å². The highest BCUT2D eigenvalue weighted by atomic mass is 16.5. The molecule has 0 atom stereocenters. The lowest BCUT2D eigenvalue weighted by atomic mass is 10.2. The van der Waals surface area contributed by atoms with Crippen LogP contribution in [0.3, 0.4) is 0 Å². The van der Waals surface area contributed by atoms with Crippen LogP contribution in [0, 0.1) is 0 Å². The maximum Gasteiger partial charge on any atom is 0.287 e. The van der Waals surface area contributed by atoms with E-state index in [0.717, 1.165) is 11.3 Å². The highest BCUT2D eigenvalue weighted by Crippen LogP contribution is 2.25. The number of furan rings is 1. The zero-order chi connectivity index (χ0) is 13.7. The van der Waals surface area contributed by atoms with Crippen molar-refractivity contribution in [3.8, 4) is 17.1 Å². The summed E-state index contributed by atoms with van der Waals surface area (Å²) < 4.78 is 10.7. The minimum absolute atomic E-state index is 0.264. The quantitative estimate of drug-likeness (QED) is 0.856. The summed E-state index contributed by atoms with van der Waals surface area (Å²) in [4.78, 5) is 11.7. The number of hydrogen-bond donors (Lipinski definition) is 2. The molecular weight excluding hydrogens is 244 g/mol. The van der Waals surface area contributed by atoms with E-state index >= 15 is 0 Å². The van der Waals surface area contributed by atoms with Gasteiger partial charge in [0.2, 0.25) is 0 Å². The zero-order valence-electron chi connectivity index (χ0n) is 10.7. The summed E-state index contributed by atoms with van der Waals surface area (Å²) in [5.41, 5.74) is 6.18. The number of benzene rings is 1. The van der Waals surface area contributed by atoms with E-state index in [9.17, 15) is 4.79 Å². The van der Waals surface area contributed by atoms with Gasteiger partial charge in [0.25, 0.3) is 5.91 Å². The van der Waals surface area contributed by atoms with Gasteiger partial charge in [0.1, 0.15) is 11.5 Å². The minimum Gasteiger partial charge on any atom is -0.497 e. The molecule has 1 aromatic carbocycles. The third-order valence-corrected chi connectivity index (χ3v) is 2.61. The predicted octanol–water partition coefficient (Wildman–Crippen LogP) is 1.64. The van der Waals surface area contributed by atoms with Gasteiger partial charge in [-0.15, -0.1) is 0 Å². The Kier molecular flexibility index (Phi) is 4.20. The van der Waals surface area contributed by atoms with Crippen LogP contribution in [0.15, 0.2) is 40.8 Å². The molecule has 2 aromatic rings. The van der Waals surface area contributed by atoms with Crippen molar-refractivity contribution in [2.75, 3.05) is 20.2 Å². The summed E-state index contributed by atoms with van der Waals surface area (Å²) in [6.07, 6.45) is 0. The Morgan fingerprint density at radius 2 is 2.21 bits per heavy atom. The van der Waals surface area contributed by atoms with Crippen LogP contribution < -0.4 is 15.8 Å². The van der Waals surface area contributed by atoms with Gasteiger partial charge < -0.3 is 20.2 Å². The van der Waals surface area contributed by atoms with E-state index < -0.39 is 0 Å². The van der Waals surface area contributed by atoms with Crippen molar-refractivity contribution in [1.82, 2.24) is 5.32 Å². The lowest BCUT2D eigenvalue weighted by Gasteiger charge is -2.02. The number of carbonyl (C=O) groups excluding carboxylic acids is 1. The molecule has 0 unspecified atom stereocenters. The minimum atomic E-state index is -0.264. The van der Waals surface area contributed by atoms with Crippen LogP contribution in [0.25, 0.3) is 11.3 Å². The van der Waals surface area contributed by atoms with Crippen LogP contribution in [0.5, 0.6) is 5.75 Å². The molecule has 5 heteroatoms. The number of ether oxygens (including phenoxy) is 1. The molecule has 2 rings (SSSR count). The number of nitrogens with one attached hydrogen (secondary N) is 1. The lowest BCUT2D eigenvalue weighted by molar-refractivity contribution is 0.0928. The van der Waals surface area contributed by atoms with E-state index in [2.05, 4.69) is 5.32 Å². The molecule has 19 heavy (non-hydrogen) atoms. The standard InChI is InChI=1S/C14H16N2O3/c1-18-11-4-2-3-10(9-11)12-5-6-13(19-12)14(17)16-8-7-15/h2-6,9H,7-8,15H2,1H3,(H,16,17). The molecule has 1 amide bonds. The van der Waals surface area contributed by atoms with E-state index in [1.54, 1.807) is 19.2 Å². The number of methoxy groups -OCH3 is 1. The fourth-order valence-corrected chi connectivity index (χ4v) is 1.66. The summed E-state index contributed by atoms with van der Waals surface area (Å²) in [6, 6.07) is 10.8. The van der Waals surface area contributed by atoms with Gasteiger partial charge in [0.05, 0.1) is 7.11 Å². The van der Waals surface area contributed by atoms with Crippen molar-refractivity contribution < 1.29 is 13.9 Å². The van der Waals surface area contributed by atoms with Gasteiger partial charge in [-0.2, -0.15) is 0 Å². The molecule has 1 heterocycles. The molecule has 0 aliphatic rings. The Balaban J connectivity index is 2.18. The lowest BCUT2D eigenvalue weighted by Crippen LogP contribution is -2.28. The molecule has 0 saturated carbocycles. The molecule has 0 bridgehead atoms. The Bertz CT molecular complexity index is 563. The first-order valence-corrected chi connectivity index (χ1v) is 5.97. The smallest absolute Gasteiger partial charge is 0.287 e. The van der Waals surface area contributed by atoms with Gasteiger partial charge in [-0.25, -0.2) is 0 Å². The second-order valence-electron chi connectivity index (χ2n) is 3.94. The number of amides is 1. The van der Waals surface area contributed by atoms with Crippen molar-refractivity contribution in [2.45, 2.75) is 0 Å². The number of nitrogens with two attached hydrogens (primary N) is 1. The van der Waals surface area contributed by atoms with Crippen molar-refractivity contribution in [1.29, 1.82) is 0 Å². The largest absolute Gasteiger partial charge is 0.497 e. The highest BCUT2D eigenvalue weighted by Gasteiger charge is 2.11. The van der Waals surface area contributed by atoms with E-state index in [1.807, 2.05) is 24.3 Å². The molecule has 0 spiro atoms. The molecule has 3 N–H and O–H groups in total. The van der Waals surface area contributed by atoms with Crippen molar-refractivity contribution >= 4 is 5.91 Å². The summed E-state index contributed by atoms with van der Waals surface area (Å²) in [5, 5.41) is 2.65. The predicted molar refractivity (Wildman–Crippen MR) is 72.1 cm³/mol. The normalized spacial score (nSPS) is 10.2. The Morgan fingerprint density at radius 1 is 1.37 bits per heavy atom. The number of hydrogen-bond acceptors (Lipinski definition) is 4. The summed E-state index contributed by atoms with van der Waals surface area (Å²) in [5.74, 6) is 1.37. The van der Waals surface area contributed by atoms with E-state index in [0.29, 0.717) is 18.8 Å². The van der Waals surface area contributed by atoms with Crippen LogP contribution in [0.4, 0.5) is 0 Å². The molecule has 0 saturated heterocycles. The molecule has 0 aliphatic carbocycles. The molecule has 5 nitrogen and oxygen atoms in total. The van der Waals surface area contributed by atoms with Gasteiger partial charge >= 0.3 is 0 Å². The molecule has 1 aromatic heterocycles. The van der Waals surface area contributed by atoms with Gasteiger partial charge in [0.15, 0.2) is 5.76 Å². The van der Waals surface area contributed by atoms with E-state index in [1.165, 1.54) is 0 Å². The van der Waals surface area contributed by atoms with E-state index in [-0.39, 0.29) is 11.7 Å². The van der Waals surface area contributed by atoms with Crippen molar-refractivity contribution in [3.63, 3.8) is 0 Å². The van der Waals surface area contributed by atoms with Crippen LogP contribution >= 0.6 is 0 Å². The van der Waals surface area contributed by atoms with Crippen LogP contribution in [-0.4, -0.2) is 26.1 Å². The Labute approximate surface area is 111 Å². The fraction of sp³-hybridized carbons (Fsp3) is 0.214. The van der Waals surface area contributed by atoms with Crippen LogP contribution in [0.1, 0.15) is 10.6 Å². The van der Waals surface area contributed by atoms with Gasteiger partial charge in [0, 0.05) is 18.7 Å². The topological polar surface area (TPSA) is 77.5 Å². The summed E-state index contributed by atoms with van der Waals surface area (Å²) in [7, 11) is 1.60. The second kappa shape index (κ2) is 6.06. The highest BCUT2D eigenvalue weighted by molar-refractivity contribution is 5.92. The van der Waals surface area contributed by atoms with Crippen molar-refractivity contribution in [3.05, 3.63) is 42.2 Å². The Hall–Kier alpha value is -2.27. The maximum absolute atomic E-state index is 11.7. The molecule has 100 valence electrons. The SMILES string of the molecule is COc1cccc(-c2ccc(C(=O)NCCN)o2)c1. The first-order valence-electron chi connectivity index (χ1n) is 5.97. The first-order chi connectivity index (χ1) is 9.24. The van der Waals surface area contributed by atoms with E-state index in [4.69, 9.17) is 14.9 Å². The molecular formula is C14H16N2O3. The third-order valence-electron chi connectivity index (χ3n) is 2.61. The molecule has 0 aliphatic heterocycles. The van der Waals surface area contributed by atoms with Crippen molar-refractivity contribution in [2.24, 2.45) is 5.73 Å². The second-order valence-corrected chi connectivity index (χ2v) is 3.94. The van der Waals surface area contributed by atoms with Gasteiger partial charge in [-0.3, -0.25) is 4.79 Å². The summed E-state index contributed by atoms with van der Waals surface area (Å²) >= 11 is 0. The maximum atomic E-state index is 11.7. The molecule has 0 fully saturated rings. The molecule has 0 radical (unpaired) electrons. The summed E-state index contributed by atoms with van der Waals surface area (Å²) in [6.45, 7) is 0.823. The van der Waals surface area contributed by atoms with Crippen LogP contribution in [0.2, 0.25) is 0 Å². The Morgan fingerprint density at radius 3 is 2.95 bits per heavy atom. The number of rotatable bonds is 5. The van der Waals surface area contributed by atoms with Crippen LogP contribution in [-0.2, 0) is 0 Å².